The molecular formula is C15H23N3O. The van der Waals surface area contributed by atoms with E-state index in [1.807, 2.05) is 26.0 Å². The summed E-state index contributed by atoms with van der Waals surface area (Å²) in [6, 6.07) is 6.63. The average molecular weight is 261 g/mol. The number of carbonyl (C=O) groups excluding carboxylic acids is 1. The van der Waals surface area contributed by atoms with Gasteiger partial charge in [-0.25, -0.2) is 0 Å². The zero-order valence-corrected chi connectivity index (χ0v) is 12.0. The van der Waals surface area contributed by atoms with Gasteiger partial charge in [0.15, 0.2) is 0 Å². The summed E-state index contributed by atoms with van der Waals surface area (Å²) in [4.78, 5) is 14.3. The number of amides is 1. The van der Waals surface area contributed by atoms with Crippen LogP contribution in [0.4, 0.5) is 5.69 Å². The van der Waals surface area contributed by atoms with Gasteiger partial charge in [-0.05, 0) is 37.6 Å². The normalized spacial score (nSPS) is 15.4. The molecule has 0 bridgehead atoms. The Hall–Kier alpha value is -1.39. The van der Waals surface area contributed by atoms with E-state index >= 15 is 0 Å². The lowest BCUT2D eigenvalue weighted by molar-refractivity contribution is -0.118. The molecule has 1 amide bonds. The van der Waals surface area contributed by atoms with E-state index in [0.29, 0.717) is 12.6 Å². The average Bonchev–Trinajstić information content (AvgIpc) is 2.30. The molecule has 1 saturated heterocycles. The summed E-state index contributed by atoms with van der Waals surface area (Å²) in [5.41, 5.74) is 3.19. The first kappa shape index (κ1) is 14.0. The lowest BCUT2D eigenvalue weighted by atomic mass is 10.1. The molecule has 0 spiro atoms. The molecular weight excluding hydrogens is 238 g/mol. The van der Waals surface area contributed by atoms with E-state index in [9.17, 15) is 4.79 Å². The summed E-state index contributed by atoms with van der Waals surface area (Å²) in [7, 11) is 0. The number of likely N-dealkylation sites (N-methyl/N-ethyl adjacent to an activating group) is 1. The van der Waals surface area contributed by atoms with Crippen LogP contribution >= 0.6 is 0 Å². The Morgan fingerprint density at radius 2 is 2.16 bits per heavy atom. The fourth-order valence-electron chi connectivity index (χ4n) is 2.28. The van der Waals surface area contributed by atoms with Gasteiger partial charge < -0.3 is 10.6 Å². The second kappa shape index (κ2) is 6.17. The number of hydrogen-bond acceptors (Lipinski definition) is 3. The highest BCUT2D eigenvalue weighted by Crippen LogP contribution is 2.16. The summed E-state index contributed by atoms with van der Waals surface area (Å²) in [6.45, 7) is 9.51. The maximum atomic E-state index is 12.1. The quantitative estimate of drug-likeness (QED) is 0.845. The molecule has 1 aliphatic heterocycles. The molecule has 1 heterocycles. The summed E-state index contributed by atoms with van der Waals surface area (Å²) >= 11 is 0. The van der Waals surface area contributed by atoms with E-state index in [-0.39, 0.29) is 5.91 Å². The topological polar surface area (TPSA) is 44.4 Å². The molecule has 1 aliphatic rings. The molecule has 0 unspecified atom stereocenters. The van der Waals surface area contributed by atoms with Crippen molar-refractivity contribution in [2.24, 2.45) is 0 Å². The highest BCUT2D eigenvalue weighted by molar-refractivity contribution is 5.93. The fourth-order valence-corrected chi connectivity index (χ4v) is 2.28. The lowest BCUT2D eigenvalue weighted by Gasteiger charge is -2.37. The van der Waals surface area contributed by atoms with E-state index in [1.54, 1.807) is 0 Å². The maximum absolute atomic E-state index is 12.1. The number of carbonyl (C=O) groups is 1. The van der Waals surface area contributed by atoms with Crippen LogP contribution in [-0.2, 0) is 4.79 Å². The molecule has 104 valence electrons. The smallest absolute Gasteiger partial charge is 0.238 e. The summed E-state index contributed by atoms with van der Waals surface area (Å²) < 4.78 is 0. The molecule has 0 atom stereocenters. The summed E-state index contributed by atoms with van der Waals surface area (Å²) in [5.74, 6) is 0.0717. The molecule has 19 heavy (non-hydrogen) atoms. The van der Waals surface area contributed by atoms with E-state index in [2.05, 4.69) is 28.5 Å². The third-order valence-corrected chi connectivity index (χ3v) is 3.70. The van der Waals surface area contributed by atoms with E-state index in [1.165, 1.54) is 0 Å². The standard InChI is InChI=1S/C15H23N3O/c1-4-18(13-8-16-9-13)10-15(19)17-14-7-11(2)5-6-12(14)3/h5-7,13,16H,4,8-10H2,1-3H3,(H,17,19). The van der Waals surface area contributed by atoms with Gasteiger partial charge in [-0.1, -0.05) is 19.1 Å². The van der Waals surface area contributed by atoms with E-state index in [0.717, 1.165) is 36.4 Å². The molecule has 1 aromatic rings. The number of aryl methyl sites for hydroxylation is 2. The molecule has 1 fully saturated rings. The Bertz CT molecular complexity index is 455. The summed E-state index contributed by atoms with van der Waals surface area (Å²) in [6.07, 6.45) is 0. The van der Waals surface area contributed by atoms with Crippen molar-refractivity contribution in [3.63, 3.8) is 0 Å². The van der Waals surface area contributed by atoms with Crippen molar-refractivity contribution in [3.05, 3.63) is 29.3 Å². The van der Waals surface area contributed by atoms with Crippen molar-refractivity contribution in [2.45, 2.75) is 26.8 Å². The molecule has 1 aromatic carbocycles. The highest BCUT2D eigenvalue weighted by atomic mass is 16.2. The highest BCUT2D eigenvalue weighted by Gasteiger charge is 2.24. The van der Waals surface area contributed by atoms with Crippen LogP contribution in [0.1, 0.15) is 18.1 Å². The van der Waals surface area contributed by atoms with Crippen LogP contribution in [0.25, 0.3) is 0 Å². The number of anilines is 1. The largest absolute Gasteiger partial charge is 0.325 e. The number of nitrogens with zero attached hydrogens (tertiary/aromatic N) is 1. The van der Waals surface area contributed by atoms with E-state index < -0.39 is 0 Å². The van der Waals surface area contributed by atoms with Crippen molar-refractivity contribution >= 4 is 11.6 Å². The molecule has 4 nitrogen and oxygen atoms in total. The molecule has 0 saturated carbocycles. The van der Waals surface area contributed by atoms with E-state index in [4.69, 9.17) is 0 Å². The van der Waals surface area contributed by atoms with Crippen LogP contribution in [-0.4, -0.2) is 43.0 Å². The first-order valence-electron chi connectivity index (χ1n) is 6.92. The molecule has 2 N–H and O–H groups in total. The molecule has 0 aromatic heterocycles. The van der Waals surface area contributed by atoms with Crippen molar-refractivity contribution in [1.82, 2.24) is 10.2 Å². The SMILES string of the molecule is CCN(CC(=O)Nc1cc(C)ccc1C)C1CNC1. The van der Waals surface area contributed by atoms with Crippen LogP contribution in [0.3, 0.4) is 0 Å². The number of nitrogens with one attached hydrogen (secondary N) is 2. The zero-order valence-electron chi connectivity index (χ0n) is 12.0. The Kier molecular flexibility index (Phi) is 4.56. The number of rotatable bonds is 5. The monoisotopic (exact) mass is 261 g/mol. The fraction of sp³-hybridized carbons (Fsp3) is 0.533. The van der Waals surface area contributed by atoms with Crippen LogP contribution in [0, 0.1) is 13.8 Å². The van der Waals surface area contributed by atoms with Gasteiger partial charge in [0.25, 0.3) is 0 Å². The number of hydrogen-bond donors (Lipinski definition) is 2. The van der Waals surface area contributed by atoms with Crippen molar-refractivity contribution in [2.75, 3.05) is 31.5 Å². The van der Waals surface area contributed by atoms with Gasteiger partial charge in [0, 0.05) is 24.8 Å². The lowest BCUT2D eigenvalue weighted by Crippen LogP contribution is -2.58. The van der Waals surface area contributed by atoms with Crippen LogP contribution in [0.2, 0.25) is 0 Å². The number of benzene rings is 1. The van der Waals surface area contributed by atoms with Gasteiger partial charge in [0.05, 0.1) is 6.54 Å². The van der Waals surface area contributed by atoms with Crippen molar-refractivity contribution in [3.8, 4) is 0 Å². The van der Waals surface area contributed by atoms with Crippen molar-refractivity contribution < 1.29 is 4.79 Å². The Balaban J connectivity index is 1.94. The minimum atomic E-state index is 0.0717. The second-order valence-corrected chi connectivity index (χ2v) is 5.24. The minimum Gasteiger partial charge on any atom is -0.325 e. The van der Waals surface area contributed by atoms with Gasteiger partial charge >= 0.3 is 0 Å². The van der Waals surface area contributed by atoms with Gasteiger partial charge in [0.2, 0.25) is 5.91 Å². The third kappa shape index (κ3) is 3.55. The second-order valence-electron chi connectivity index (χ2n) is 5.24. The van der Waals surface area contributed by atoms with Gasteiger partial charge in [-0.2, -0.15) is 0 Å². The first-order chi connectivity index (χ1) is 9.10. The van der Waals surface area contributed by atoms with Crippen LogP contribution < -0.4 is 10.6 Å². The Labute approximate surface area is 115 Å². The first-order valence-corrected chi connectivity index (χ1v) is 6.92. The van der Waals surface area contributed by atoms with Crippen LogP contribution in [0.5, 0.6) is 0 Å². The molecule has 0 radical (unpaired) electrons. The van der Waals surface area contributed by atoms with Gasteiger partial charge in [-0.15, -0.1) is 0 Å². The zero-order chi connectivity index (χ0) is 13.8. The van der Waals surface area contributed by atoms with Gasteiger partial charge in [-0.3, -0.25) is 9.69 Å². The predicted molar refractivity (Wildman–Crippen MR) is 78.5 cm³/mol. The predicted octanol–water partition coefficient (Wildman–Crippen LogP) is 1.54. The summed E-state index contributed by atoms with van der Waals surface area (Å²) in [5, 5.41) is 6.26. The molecule has 0 aliphatic carbocycles. The third-order valence-electron chi connectivity index (χ3n) is 3.70. The molecule has 2 rings (SSSR count). The maximum Gasteiger partial charge on any atom is 0.238 e. The van der Waals surface area contributed by atoms with Crippen molar-refractivity contribution in [1.29, 1.82) is 0 Å². The Morgan fingerprint density at radius 1 is 1.42 bits per heavy atom. The Morgan fingerprint density at radius 3 is 2.74 bits per heavy atom. The minimum absolute atomic E-state index is 0.0717. The van der Waals surface area contributed by atoms with Gasteiger partial charge in [0.1, 0.15) is 0 Å². The van der Waals surface area contributed by atoms with Crippen LogP contribution in [0.15, 0.2) is 18.2 Å². The molecule has 4 heteroatoms.